The minimum Gasteiger partial charge on any atom is -0.464 e. The second kappa shape index (κ2) is 8.94. The van der Waals surface area contributed by atoms with Crippen LogP contribution >= 0.6 is 0 Å². The van der Waals surface area contributed by atoms with Crippen molar-refractivity contribution >= 4 is 11.9 Å². The van der Waals surface area contributed by atoms with E-state index in [9.17, 15) is 9.59 Å². The quantitative estimate of drug-likeness (QED) is 0.639. The molecule has 0 aliphatic rings. The Balaban J connectivity index is 1.80. The van der Waals surface area contributed by atoms with Gasteiger partial charge in [-0.1, -0.05) is 36.4 Å². The number of benzene rings is 1. The van der Waals surface area contributed by atoms with Crippen LogP contribution in [0.2, 0.25) is 0 Å². The second-order valence-corrected chi connectivity index (χ2v) is 6.21. The van der Waals surface area contributed by atoms with E-state index >= 15 is 0 Å². The van der Waals surface area contributed by atoms with Gasteiger partial charge in [0.1, 0.15) is 6.04 Å². The molecule has 1 N–H and O–H groups in total. The maximum atomic E-state index is 12.8. The fourth-order valence-electron chi connectivity index (χ4n) is 2.86. The van der Waals surface area contributed by atoms with Gasteiger partial charge in [0.05, 0.1) is 24.1 Å². The van der Waals surface area contributed by atoms with Gasteiger partial charge in [-0.05, 0) is 31.5 Å². The summed E-state index contributed by atoms with van der Waals surface area (Å²) in [6.07, 6.45) is 3.48. The lowest BCUT2D eigenvalue weighted by atomic mass is 10.1. The van der Waals surface area contributed by atoms with Crippen LogP contribution in [-0.4, -0.2) is 39.3 Å². The summed E-state index contributed by atoms with van der Waals surface area (Å²) in [5.41, 5.74) is 1.95. The lowest BCUT2D eigenvalue weighted by Gasteiger charge is -2.17. The number of nitrogens with zero attached hydrogens (tertiary/aromatic N) is 3. The molecule has 7 heteroatoms. The van der Waals surface area contributed by atoms with Crippen LogP contribution in [0.1, 0.15) is 28.5 Å². The Kier molecular flexibility index (Phi) is 6.16. The number of hydrogen-bond donors (Lipinski definition) is 1. The topological polar surface area (TPSA) is 86.1 Å². The zero-order valence-electron chi connectivity index (χ0n) is 15.8. The average molecular weight is 378 g/mol. The zero-order valence-corrected chi connectivity index (χ0v) is 15.8. The highest BCUT2D eigenvalue weighted by Gasteiger charge is 2.25. The lowest BCUT2D eigenvalue weighted by Crippen LogP contribution is -2.43. The molecule has 2 heterocycles. The van der Waals surface area contributed by atoms with E-state index in [0.717, 1.165) is 5.56 Å². The number of amides is 1. The number of nitrogens with one attached hydrogen (secondary N) is 1. The third-order valence-corrected chi connectivity index (χ3v) is 4.28. The van der Waals surface area contributed by atoms with Crippen LogP contribution in [0.3, 0.4) is 0 Å². The zero-order chi connectivity index (χ0) is 19.9. The van der Waals surface area contributed by atoms with Crippen LogP contribution in [0.15, 0.2) is 60.9 Å². The van der Waals surface area contributed by atoms with Crippen molar-refractivity contribution in [3.63, 3.8) is 0 Å². The summed E-state index contributed by atoms with van der Waals surface area (Å²) in [7, 11) is 0. The Morgan fingerprint density at radius 1 is 1.14 bits per heavy atom. The maximum Gasteiger partial charge on any atom is 0.328 e. The van der Waals surface area contributed by atoms with E-state index in [1.165, 1.54) is 6.20 Å². The highest BCUT2D eigenvalue weighted by Crippen LogP contribution is 2.13. The molecule has 0 unspecified atom stereocenters. The summed E-state index contributed by atoms with van der Waals surface area (Å²) in [5, 5.41) is 7.04. The van der Waals surface area contributed by atoms with E-state index in [1.807, 2.05) is 42.5 Å². The monoisotopic (exact) mass is 378 g/mol. The van der Waals surface area contributed by atoms with E-state index in [4.69, 9.17) is 4.74 Å². The highest BCUT2D eigenvalue weighted by molar-refractivity contribution is 5.97. The molecule has 1 aromatic carbocycles. The van der Waals surface area contributed by atoms with Gasteiger partial charge < -0.3 is 10.1 Å². The van der Waals surface area contributed by atoms with Gasteiger partial charge in [0.25, 0.3) is 5.91 Å². The Morgan fingerprint density at radius 2 is 1.89 bits per heavy atom. The second-order valence-electron chi connectivity index (χ2n) is 6.21. The number of esters is 1. The number of carbonyl (C=O) groups is 2. The molecule has 0 radical (unpaired) electrons. The number of hydrogen-bond acceptors (Lipinski definition) is 5. The van der Waals surface area contributed by atoms with Gasteiger partial charge in [0.15, 0.2) is 5.82 Å². The molecular formula is C21H22N4O3. The first-order valence-corrected chi connectivity index (χ1v) is 9.07. The SMILES string of the molecule is CCOC(=O)[C@H](Cc1ccccc1)NC(=O)c1cnn(-c2ccccn2)c1C. The van der Waals surface area contributed by atoms with Gasteiger partial charge in [-0.25, -0.2) is 14.5 Å². The molecule has 7 nitrogen and oxygen atoms in total. The van der Waals surface area contributed by atoms with Crippen molar-refractivity contribution in [1.82, 2.24) is 20.1 Å². The first kappa shape index (κ1) is 19.3. The Labute approximate surface area is 163 Å². The van der Waals surface area contributed by atoms with E-state index < -0.39 is 12.0 Å². The average Bonchev–Trinajstić information content (AvgIpc) is 3.10. The van der Waals surface area contributed by atoms with Gasteiger partial charge >= 0.3 is 5.97 Å². The van der Waals surface area contributed by atoms with Crippen LogP contribution in [0, 0.1) is 6.92 Å². The molecule has 0 spiro atoms. The Bertz CT molecular complexity index is 939. The highest BCUT2D eigenvalue weighted by atomic mass is 16.5. The number of aromatic nitrogens is 3. The van der Waals surface area contributed by atoms with E-state index in [2.05, 4.69) is 15.4 Å². The summed E-state index contributed by atoms with van der Waals surface area (Å²) in [4.78, 5) is 29.4. The van der Waals surface area contributed by atoms with Crippen LogP contribution in [-0.2, 0) is 16.0 Å². The molecule has 1 atom stereocenters. The molecule has 0 saturated carbocycles. The van der Waals surface area contributed by atoms with Crippen LogP contribution < -0.4 is 5.32 Å². The van der Waals surface area contributed by atoms with E-state index in [1.54, 1.807) is 30.8 Å². The van der Waals surface area contributed by atoms with Crippen LogP contribution in [0.4, 0.5) is 0 Å². The molecule has 1 amide bonds. The minimum absolute atomic E-state index is 0.247. The van der Waals surface area contributed by atoms with Gasteiger partial charge in [-0.2, -0.15) is 5.10 Å². The molecule has 0 fully saturated rings. The Hall–Kier alpha value is -3.48. The predicted molar refractivity (Wildman–Crippen MR) is 104 cm³/mol. The molecule has 0 aliphatic carbocycles. The molecule has 2 aromatic heterocycles. The number of pyridine rings is 1. The fraction of sp³-hybridized carbons (Fsp3) is 0.238. The predicted octanol–water partition coefficient (Wildman–Crippen LogP) is 2.48. The fourth-order valence-corrected chi connectivity index (χ4v) is 2.86. The molecule has 144 valence electrons. The van der Waals surface area contributed by atoms with Crippen LogP contribution in [0.5, 0.6) is 0 Å². The van der Waals surface area contributed by atoms with Gasteiger partial charge in [0, 0.05) is 12.6 Å². The van der Waals surface area contributed by atoms with Crippen molar-refractivity contribution in [3.05, 3.63) is 77.7 Å². The molecule has 0 aliphatic heterocycles. The van der Waals surface area contributed by atoms with Crippen molar-refractivity contribution in [2.75, 3.05) is 6.61 Å². The Morgan fingerprint density at radius 3 is 2.57 bits per heavy atom. The van der Waals surface area contributed by atoms with Crippen LogP contribution in [0.25, 0.3) is 5.82 Å². The lowest BCUT2D eigenvalue weighted by molar-refractivity contribution is -0.145. The van der Waals surface area contributed by atoms with E-state index in [-0.39, 0.29) is 12.5 Å². The van der Waals surface area contributed by atoms with Gasteiger partial charge in [-0.15, -0.1) is 0 Å². The molecule has 0 bridgehead atoms. The minimum atomic E-state index is -0.785. The third kappa shape index (κ3) is 4.43. The van der Waals surface area contributed by atoms with Crippen molar-refractivity contribution in [1.29, 1.82) is 0 Å². The van der Waals surface area contributed by atoms with Crippen molar-refractivity contribution in [3.8, 4) is 5.82 Å². The molecule has 3 aromatic rings. The standard InChI is InChI=1S/C21H22N4O3/c1-3-28-21(27)18(13-16-9-5-4-6-10-16)24-20(26)17-14-23-25(15(17)2)19-11-7-8-12-22-19/h4-12,14,18H,3,13H2,1-2H3,(H,24,26)/t18-/m0/s1. The molecule has 3 rings (SSSR count). The summed E-state index contributed by atoms with van der Waals surface area (Å²) < 4.78 is 6.72. The smallest absolute Gasteiger partial charge is 0.328 e. The van der Waals surface area contributed by atoms with E-state index in [0.29, 0.717) is 23.5 Å². The third-order valence-electron chi connectivity index (χ3n) is 4.28. The van der Waals surface area contributed by atoms with Crippen molar-refractivity contribution < 1.29 is 14.3 Å². The molecule has 28 heavy (non-hydrogen) atoms. The van der Waals surface area contributed by atoms with Gasteiger partial charge in [0.2, 0.25) is 0 Å². The number of carbonyl (C=O) groups excluding carboxylic acids is 2. The first-order valence-electron chi connectivity index (χ1n) is 9.07. The molecule has 0 saturated heterocycles. The maximum absolute atomic E-state index is 12.8. The first-order chi connectivity index (χ1) is 13.6. The summed E-state index contributed by atoms with van der Waals surface area (Å²) >= 11 is 0. The summed E-state index contributed by atoms with van der Waals surface area (Å²) in [6, 6.07) is 14.2. The van der Waals surface area contributed by atoms with Crippen molar-refractivity contribution in [2.45, 2.75) is 26.3 Å². The van der Waals surface area contributed by atoms with Gasteiger partial charge in [-0.3, -0.25) is 4.79 Å². The largest absolute Gasteiger partial charge is 0.464 e. The number of ether oxygens (including phenoxy) is 1. The summed E-state index contributed by atoms with van der Waals surface area (Å²) in [6.45, 7) is 3.77. The van der Waals surface area contributed by atoms with Crippen molar-refractivity contribution in [2.24, 2.45) is 0 Å². The normalized spacial score (nSPS) is 11.6. The summed E-state index contributed by atoms with van der Waals surface area (Å²) in [5.74, 6) is -0.228. The molecular weight excluding hydrogens is 356 g/mol. The number of rotatable bonds is 7.